The van der Waals surface area contributed by atoms with Crippen LogP contribution in [0, 0.1) is 5.92 Å². The average molecular weight is 319 g/mol. The molecule has 0 bridgehead atoms. The maximum Gasteiger partial charge on any atom is 0.306 e. The normalized spacial score (nSPS) is 16.0. The summed E-state index contributed by atoms with van der Waals surface area (Å²) in [7, 11) is 3.05. The summed E-state index contributed by atoms with van der Waals surface area (Å²) in [4.78, 5) is 23.6. The molecule has 2 rings (SSSR count). The van der Waals surface area contributed by atoms with E-state index >= 15 is 0 Å². The van der Waals surface area contributed by atoms with Crippen LogP contribution in [0.15, 0.2) is 30.4 Å². The lowest BCUT2D eigenvalue weighted by molar-refractivity contribution is -0.147. The predicted octanol–water partition coefficient (Wildman–Crippen LogP) is 2.54. The van der Waals surface area contributed by atoms with Crippen LogP contribution in [0.1, 0.15) is 19.3 Å². The lowest BCUT2D eigenvalue weighted by Gasteiger charge is -2.12. The minimum atomic E-state index is -0.413. The topological polar surface area (TPSA) is 73.9 Å². The van der Waals surface area contributed by atoms with E-state index < -0.39 is 5.91 Å². The Labute approximate surface area is 135 Å². The first kappa shape index (κ1) is 16.9. The molecule has 124 valence electrons. The van der Waals surface area contributed by atoms with Crippen LogP contribution in [0.5, 0.6) is 11.5 Å². The fourth-order valence-corrected chi connectivity index (χ4v) is 2.37. The summed E-state index contributed by atoms with van der Waals surface area (Å²) in [6, 6.07) is 5.03. The molecule has 0 fully saturated rings. The van der Waals surface area contributed by atoms with E-state index in [-0.39, 0.29) is 18.5 Å². The maximum absolute atomic E-state index is 11.9. The van der Waals surface area contributed by atoms with E-state index in [1.165, 1.54) is 7.11 Å². The van der Waals surface area contributed by atoms with Crippen molar-refractivity contribution < 1.29 is 23.8 Å². The Morgan fingerprint density at radius 1 is 1.26 bits per heavy atom. The minimum absolute atomic E-state index is 0.229. The highest BCUT2D eigenvalue weighted by Gasteiger charge is 2.16. The van der Waals surface area contributed by atoms with Gasteiger partial charge in [-0.3, -0.25) is 9.59 Å². The van der Waals surface area contributed by atoms with E-state index in [0.29, 0.717) is 23.6 Å². The molecule has 0 spiro atoms. The van der Waals surface area contributed by atoms with Crippen molar-refractivity contribution in [1.82, 2.24) is 0 Å². The molecule has 0 unspecified atom stereocenters. The summed E-state index contributed by atoms with van der Waals surface area (Å²) in [6.07, 6.45) is 6.35. The number of hydrogen-bond acceptors (Lipinski definition) is 5. The summed E-state index contributed by atoms with van der Waals surface area (Å²) >= 11 is 0. The molecule has 6 nitrogen and oxygen atoms in total. The van der Waals surface area contributed by atoms with Crippen LogP contribution in [0.3, 0.4) is 0 Å². The fourth-order valence-electron chi connectivity index (χ4n) is 2.37. The number of esters is 1. The van der Waals surface area contributed by atoms with Gasteiger partial charge >= 0.3 is 5.97 Å². The molecule has 1 aliphatic carbocycles. The number of nitrogens with one attached hydrogen (secondary N) is 1. The first-order valence-electron chi connectivity index (χ1n) is 7.46. The molecule has 1 aliphatic rings. The predicted molar refractivity (Wildman–Crippen MR) is 85.6 cm³/mol. The van der Waals surface area contributed by atoms with Crippen LogP contribution in [0.4, 0.5) is 5.69 Å². The van der Waals surface area contributed by atoms with E-state index in [0.717, 1.165) is 12.8 Å². The Morgan fingerprint density at radius 2 is 2.09 bits per heavy atom. The van der Waals surface area contributed by atoms with Gasteiger partial charge < -0.3 is 19.5 Å². The van der Waals surface area contributed by atoms with Gasteiger partial charge in [0.2, 0.25) is 0 Å². The second-order valence-corrected chi connectivity index (χ2v) is 5.24. The average Bonchev–Trinajstić information content (AvgIpc) is 3.06. The van der Waals surface area contributed by atoms with Crippen molar-refractivity contribution in [2.24, 2.45) is 5.92 Å². The van der Waals surface area contributed by atoms with Crippen molar-refractivity contribution in [3.63, 3.8) is 0 Å². The Morgan fingerprint density at radius 3 is 2.74 bits per heavy atom. The molecule has 0 radical (unpaired) electrons. The molecular formula is C17H21NO5. The van der Waals surface area contributed by atoms with Crippen molar-refractivity contribution in [1.29, 1.82) is 0 Å². The number of carbonyl (C=O) groups excluding carboxylic acids is 2. The van der Waals surface area contributed by atoms with Gasteiger partial charge in [-0.05, 0) is 30.9 Å². The van der Waals surface area contributed by atoms with Crippen LogP contribution in [0.25, 0.3) is 0 Å². The summed E-state index contributed by atoms with van der Waals surface area (Å²) in [5, 5.41) is 2.65. The summed E-state index contributed by atoms with van der Waals surface area (Å²) < 4.78 is 15.3. The quantitative estimate of drug-likeness (QED) is 0.617. The Balaban J connectivity index is 1.82. The maximum atomic E-state index is 11.9. The molecule has 6 heteroatoms. The fraction of sp³-hybridized carbons (Fsp3) is 0.412. The molecule has 1 aromatic rings. The SMILES string of the molecule is COc1ccc(NC(=O)COC(=O)C[C@@H]2C=CCC2)c(OC)c1. The Hall–Kier alpha value is -2.50. The van der Waals surface area contributed by atoms with Crippen LogP contribution >= 0.6 is 0 Å². The number of carbonyl (C=O) groups is 2. The highest BCUT2D eigenvalue weighted by atomic mass is 16.5. The van der Waals surface area contributed by atoms with E-state index in [1.807, 2.05) is 6.08 Å². The van der Waals surface area contributed by atoms with Gasteiger partial charge in [0.15, 0.2) is 6.61 Å². The van der Waals surface area contributed by atoms with E-state index in [2.05, 4.69) is 11.4 Å². The molecule has 1 N–H and O–H groups in total. The number of ether oxygens (including phenoxy) is 3. The first-order chi connectivity index (χ1) is 11.1. The van der Waals surface area contributed by atoms with Gasteiger partial charge in [-0.15, -0.1) is 0 Å². The van der Waals surface area contributed by atoms with Crippen molar-refractivity contribution in [2.75, 3.05) is 26.1 Å². The standard InChI is InChI=1S/C17H21NO5/c1-21-13-7-8-14(15(10-13)22-2)18-16(19)11-23-17(20)9-12-5-3-4-6-12/h3,5,7-8,10,12H,4,6,9,11H2,1-2H3,(H,18,19)/t12-/m1/s1. The second kappa shape index (κ2) is 8.22. The van der Waals surface area contributed by atoms with Crippen LogP contribution in [0.2, 0.25) is 0 Å². The van der Waals surface area contributed by atoms with E-state index in [4.69, 9.17) is 14.2 Å². The number of rotatable bonds is 7. The van der Waals surface area contributed by atoms with Crippen LogP contribution < -0.4 is 14.8 Å². The Kier molecular flexibility index (Phi) is 6.02. The molecule has 0 aromatic heterocycles. The molecule has 0 heterocycles. The zero-order valence-electron chi connectivity index (χ0n) is 13.3. The minimum Gasteiger partial charge on any atom is -0.497 e. The number of allylic oxidation sites excluding steroid dienone is 2. The van der Waals surface area contributed by atoms with Crippen LogP contribution in [-0.2, 0) is 14.3 Å². The molecule has 1 aromatic carbocycles. The number of methoxy groups -OCH3 is 2. The highest BCUT2D eigenvalue weighted by Crippen LogP contribution is 2.29. The first-order valence-corrected chi connectivity index (χ1v) is 7.46. The zero-order chi connectivity index (χ0) is 16.7. The van der Waals surface area contributed by atoms with Gasteiger partial charge in [-0.2, -0.15) is 0 Å². The lowest BCUT2D eigenvalue weighted by Crippen LogP contribution is -2.21. The van der Waals surface area contributed by atoms with Gasteiger partial charge in [0.1, 0.15) is 11.5 Å². The zero-order valence-corrected chi connectivity index (χ0v) is 13.3. The lowest BCUT2D eigenvalue weighted by atomic mass is 10.1. The third kappa shape index (κ3) is 5.02. The molecule has 1 amide bonds. The van der Waals surface area contributed by atoms with Gasteiger partial charge in [0.05, 0.1) is 26.3 Å². The van der Waals surface area contributed by atoms with E-state index in [9.17, 15) is 9.59 Å². The largest absolute Gasteiger partial charge is 0.497 e. The Bertz CT molecular complexity index is 597. The van der Waals surface area contributed by atoms with Gasteiger partial charge in [0.25, 0.3) is 5.91 Å². The van der Waals surface area contributed by atoms with Gasteiger partial charge in [-0.1, -0.05) is 12.2 Å². The molecular weight excluding hydrogens is 298 g/mol. The number of amides is 1. The summed E-state index contributed by atoms with van der Waals surface area (Å²) in [5.41, 5.74) is 0.494. The molecule has 0 saturated heterocycles. The third-order valence-electron chi connectivity index (χ3n) is 3.59. The number of benzene rings is 1. The smallest absolute Gasteiger partial charge is 0.306 e. The van der Waals surface area contributed by atoms with Crippen molar-refractivity contribution in [3.8, 4) is 11.5 Å². The molecule has 0 saturated carbocycles. The van der Waals surface area contributed by atoms with Crippen molar-refractivity contribution in [3.05, 3.63) is 30.4 Å². The highest BCUT2D eigenvalue weighted by molar-refractivity contribution is 5.94. The number of anilines is 1. The van der Waals surface area contributed by atoms with Gasteiger partial charge in [-0.25, -0.2) is 0 Å². The van der Waals surface area contributed by atoms with Gasteiger partial charge in [0, 0.05) is 6.07 Å². The van der Waals surface area contributed by atoms with Crippen molar-refractivity contribution >= 4 is 17.6 Å². The number of hydrogen-bond donors (Lipinski definition) is 1. The summed E-state index contributed by atoms with van der Waals surface area (Å²) in [6.45, 7) is -0.315. The molecule has 23 heavy (non-hydrogen) atoms. The molecule has 0 aliphatic heterocycles. The third-order valence-corrected chi connectivity index (χ3v) is 3.59. The monoisotopic (exact) mass is 319 g/mol. The van der Waals surface area contributed by atoms with Crippen molar-refractivity contribution in [2.45, 2.75) is 19.3 Å². The second-order valence-electron chi connectivity index (χ2n) is 5.24. The van der Waals surface area contributed by atoms with E-state index in [1.54, 1.807) is 25.3 Å². The van der Waals surface area contributed by atoms with Crippen LogP contribution in [-0.4, -0.2) is 32.7 Å². The molecule has 1 atom stereocenters. The summed E-state index contributed by atoms with van der Waals surface area (Å²) in [5.74, 6) is 0.547.